The number of nitro groups is 1. The van der Waals surface area contributed by atoms with Gasteiger partial charge in [-0.15, -0.1) is 0 Å². The van der Waals surface area contributed by atoms with Crippen LogP contribution in [0.1, 0.15) is 5.56 Å². The molecule has 2 aromatic carbocycles. The third-order valence-corrected chi connectivity index (χ3v) is 4.00. The molecule has 6 heteroatoms. The molecule has 0 aliphatic heterocycles. The van der Waals surface area contributed by atoms with Crippen molar-refractivity contribution in [1.29, 1.82) is 0 Å². The molecule has 3 rings (SSSR count). The molecule has 0 bridgehead atoms. The van der Waals surface area contributed by atoms with Gasteiger partial charge >= 0.3 is 0 Å². The number of non-ortho nitro benzene ring substituents is 1. The van der Waals surface area contributed by atoms with Gasteiger partial charge in [-0.05, 0) is 33.6 Å². The molecule has 0 fully saturated rings. The maximum absolute atomic E-state index is 10.8. The lowest BCUT2D eigenvalue weighted by atomic mass is 10.1. The second kappa shape index (κ2) is 5.57. The SMILES string of the molecule is O=[N+]([O-])c1ccc(Br)c(NCc2c[nH]c3ccccc23)c1. The maximum Gasteiger partial charge on any atom is 0.271 e. The molecule has 106 valence electrons. The van der Waals surface area contributed by atoms with Crippen LogP contribution in [-0.2, 0) is 6.54 Å². The first kappa shape index (κ1) is 13.6. The standard InChI is InChI=1S/C15H12BrN3O2/c16-13-6-5-11(19(20)21)7-15(13)18-9-10-8-17-14-4-2-1-3-12(10)14/h1-8,17-18H,9H2. The summed E-state index contributed by atoms with van der Waals surface area (Å²) in [6.07, 6.45) is 1.95. The average Bonchev–Trinajstić information content (AvgIpc) is 2.89. The molecule has 0 atom stereocenters. The van der Waals surface area contributed by atoms with Crippen LogP contribution in [0.2, 0.25) is 0 Å². The second-order valence-electron chi connectivity index (χ2n) is 4.63. The molecule has 0 saturated carbocycles. The smallest absolute Gasteiger partial charge is 0.271 e. The fourth-order valence-corrected chi connectivity index (χ4v) is 2.62. The average molecular weight is 346 g/mol. The van der Waals surface area contributed by atoms with Crippen LogP contribution in [-0.4, -0.2) is 9.91 Å². The molecule has 3 aromatic rings. The minimum Gasteiger partial charge on any atom is -0.380 e. The predicted octanol–water partition coefficient (Wildman–Crippen LogP) is 4.45. The lowest BCUT2D eigenvalue weighted by Crippen LogP contribution is -2.00. The molecule has 5 nitrogen and oxygen atoms in total. The highest BCUT2D eigenvalue weighted by Gasteiger charge is 2.10. The number of hydrogen-bond acceptors (Lipinski definition) is 3. The number of H-pyrrole nitrogens is 1. The lowest BCUT2D eigenvalue weighted by Gasteiger charge is -2.08. The van der Waals surface area contributed by atoms with Gasteiger partial charge in [-0.2, -0.15) is 0 Å². The number of aromatic nitrogens is 1. The number of nitrogens with zero attached hydrogens (tertiary/aromatic N) is 1. The van der Waals surface area contributed by atoms with E-state index in [-0.39, 0.29) is 5.69 Å². The van der Waals surface area contributed by atoms with E-state index in [0.29, 0.717) is 12.2 Å². The Morgan fingerprint density at radius 2 is 2.05 bits per heavy atom. The summed E-state index contributed by atoms with van der Waals surface area (Å²) >= 11 is 3.40. The Kier molecular flexibility index (Phi) is 3.62. The molecule has 0 amide bonds. The van der Waals surface area contributed by atoms with E-state index in [0.717, 1.165) is 20.9 Å². The number of rotatable bonds is 4. The van der Waals surface area contributed by atoms with Crippen LogP contribution < -0.4 is 5.32 Å². The number of halogens is 1. The molecule has 1 aromatic heterocycles. The summed E-state index contributed by atoms with van der Waals surface area (Å²) in [4.78, 5) is 13.6. The van der Waals surface area contributed by atoms with Gasteiger partial charge in [0.05, 0.1) is 10.6 Å². The third-order valence-electron chi connectivity index (χ3n) is 3.30. The van der Waals surface area contributed by atoms with Crippen molar-refractivity contribution in [3.05, 3.63) is 68.8 Å². The van der Waals surface area contributed by atoms with Crippen LogP contribution >= 0.6 is 15.9 Å². The van der Waals surface area contributed by atoms with Crippen molar-refractivity contribution in [3.63, 3.8) is 0 Å². The summed E-state index contributed by atoms with van der Waals surface area (Å²) < 4.78 is 0.799. The van der Waals surface area contributed by atoms with Crippen molar-refractivity contribution in [1.82, 2.24) is 4.98 Å². The summed E-state index contributed by atoms with van der Waals surface area (Å²) in [6, 6.07) is 12.7. The number of aromatic amines is 1. The van der Waals surface area contributed by atoms with Gasteiger partial charge in [-0.1, -0.05) is 18.2 Å². The van der Waals surface area contributed by atoms with Crippen LogP contribution in [0.3, 0.4) is 0 Å². The maximum atomic E-state index is 10.8. The molecule has 0 aliphatic rings. The number of nitrogens with one attached hydrogen (secondary N) is 2. The fraction of sp³-hybridized carbons (Fsp3) is 0.0667. The van der Waals surface area contributed by atoms with Crippen molar-refractivity contribution in [2.45, 2.75) is 6.54 Å². The molecule has 2 N–H and O–H groups in total. The van der Waals surface area contributed by atoms with Gasteiger partial charge < -0.3 is 10.3 Å². The van der Waals surface area contributed by atoms with Crippen molar-refractivity contribution < 1.29 is 4.92 Å². The molecule has 21 heavy (non-hydrogen) atoms. The molecular formula is C15H12BrN3O2. The second-order valence-corrected chi connectivity index (χ2v) is 5.49. The van der Waals surface area contributed by atoms with Crippen LogP contribution in [0.4, 0.5) is 11.4 Å². The summed E-state index contributed by atoms with van der Waals surface area (Å²) in [7, 11) is 0. The normalized spacial score (nSPS) is 10.7. The number of nitro benzene ring substituents is 1. The van der Waals surface area contributed by atoms with Crippen molar-refractivity contribution in [2.75, 3.05) is 5.32 Å². The van der Waals surface area contributed by atoms with E-state index in [9.17, 15) is 10.1 Å². The Labute approximate surface area is 129 Å². The minimum absolute atomic E-state index is 0.0691. The zero-order chi connectivity index (χ0) is 14.8. The van der Waals surface area contributed by atoms with Gasteiger partial charge in [0.15, 0.2) is 0 Å². The van der Waals surface area contributed by atoms with Gasteiger partial charge in [0.2, 0.25) is 0 Å². The Morgan fingerprint density at radius 1 is 1.24 bits per heavy atom. The van der Waals surface area contributed by atoms with E-state index in [4.69, 9.17) is 0 Å². The minimum atomic E-state index is -0.399. The highest BCUT2D eigenvalue weighted by atomic mass is 79.9. The van der Waals surface area contributed by atoms with E-state index in [1.54, 1.807) is 6.07 Å². The monoisotopic (exact) mass is 345 g/mol. The van der Waals surface area contributed by atoms with E-state index in [2.05, 4.69) is 26.2 Å². The predicted molar refractivity (Wildman–Crippen MR) is 86.4 cm³/mol. The quantitative estimate of drug-likeness (QED) is 0.542. The first-order valence-electron chi connectivity index (χ1n) is 6.38. The first-order chi connectivity index (χ1) is 10.1. The van der Waals surface area contributed by atoms with Crippen molar-refractivity contribution in [3.8, 4) is 0 Å². The van der Waals surface area contributed by atoms with Gasteiger partial charge in [0, 0.05) is 40.2 Å². The fourth-order valence-electron chi connectivity index (χ4n) is 2.23. The molecule has 0 aliphatic carbocycles. The summed E-state index contributed by atoms with van der Waals surface area (Å²) in [5.74, 6) is 0. The Bertz CT molecular complexity index is 814. The topological polar surface area (TPSA) is 71.0 Å². The van der Waals surface area contributed by atoms with E-state index >= 15 is 0 Å². The van der Waals surface area contributed by atoms with Gasteiger partial charge in [0.25, 0.3) is 5.69 Å². The molecular weight excluding hydrogens is 334 g/mol. The number of fused-ring (bicyclic) bond motifs is 1. The summed E-state index contributed by atoms with van der Waals surface area (Å²) in [5.41, 5.74) is 2.96. The van der Waals surface area contributed by atoms with Gasteiger partial charge in [0.1, 0.15) is 0 Å². The van der Waals surface area contributed by atoms with Crippen LogP contribution in [0.25, 0.3) is 10.9 Å². The highest BCUT2D eigenvalue weighted by Crippen LogP contribution is 2.28. The molecule has 0 spiro atoms. The Balaban J connectivity index is 1.84. The van der Waals surface area contributed by atoms with E-state index in [1.165, 1.54) is 12.1 Å². The van der Waals surface area contributed by atoms with Crippen LogP contribution in [0, 0.1) is 10.1 Å². The van der Waals surface area contributed by atoms with Gasteiger partial charge in [-0.3, -0.25) is 10.1 Å². The van der Waals surface area contributed by atoms with E-state index < -0.39 is 4.92 Å². The molecule has 0 saturated heterocycles. The number of benzene rings is 2. The zero-order valence-corrected chi connectivity index (χ0v) is 12.6. The highest BCUT2D eigenvalue weighted by molar-refractivity contribution is 9.10. The number of hydrogen-bond donors (Lipinski definition) is 2. The van der Waals surface area contributed by atoms with E-state index in [1.807, 2.05) is 30.5 Å². The number of para-hydroxylation sites is 1. The van der Waals surface area contributed by atoms with Gasteiger partial charge in [-0.25, -0.2) is 0 Å². The molecule has 0 unspecified atom stereocenters. The Hall–Kier alpha value is -2.34. The molecule has 1 heterocycles. The number of anilines is 1. The molecule has 0 radical (unpaired) electrons. The van der Waals surface area contributed by atoms with Crippen LogP contribution in [0.15, 0.2) is 53.1 Å². The van der Waals surface area contributed by atoms with Crippen molar-refractivity contribution in [2.24, 2.45) is 0 Å². The lowest BCUT2D eigenvalue weighted by molar-refractivity contribution is -0.384. The zero-order valence-electron chi connectivity index (χ0n) is 11.0. The summed E-state index contributed by atoms with van der Waals surface area (Å²) in [6.45, 7) is 0.587. The first-order valence-corrected chi connectivity index (χ1v) is 7.17. The van der Waals surface area contributed by atoms with Crippen molar-refractivity contribution >= 4 is 38.2 Å². The largest absolute Gasteiger partial charge is 0.380 e. The third kappa shape index (κ3) is 2.75. The Morgan fingerprint density at radius 3 is 2.86 bits per heavy atom. The summed E-state index contributed by atoms with van der Waals surface area (Å²) in [5, 5.41) is 15.2. The van der Waals surface area contributed by atoms with Crippen LogP contribution in [0.5, 0.6) is 0 Å².